The van der Waals surface area contributed by atoms with Crippen LogP contribution in [0.3, 0.4) is 0 Å². The van der Waals surface area contributed by atoms with E-state index < -0.39 is 0 Å². The average molecular weight is 351 g/mol. The number of carbonyl (C=O) groups excluding carboxylic acids is 1. The Bertz CT molecular complexity index is 590. The van der Waals surface area contributed by atoms with Crippen LogP contribution in [0.4, 0.5) is 0 Å². The fraction of sp³-hybridized carbons (Fsp3) is 0.480. The third-order valence-electron chi connectivity index (χ3n) is 5.62. The van der Waals surface area contributed by atoms with Crippen molar-refractivity contribution in [3.63, 3.8) is 0 Å². The molecule has 0 saturated heterocycles. The molecule has 2 aromatic rings. The van der Waals surface area contributed by atoms with Crippen molar-refractivity contribution in [2.75, 3.05) is 0 Å². The molecule has 26 heavy (non-hydrogen) atoms. The van der Waals surface area contributed by atoms with E-state index in [1.54, 1.807) is 0 Å². The van der Waals surface area contributed by atoms with Crippen molar-refractivity contribution in [3.8, 4) is 0 Å². The highest BCUT2D eigenvalue weighted by molar-refractivity contribution is 5.78. The summed E-state index contributed by atoms with van der Waals surface area (Å²) in [6.07, 6.45) is 9.23. The van der Waals surface area contributed by atoms with Gasteiger partial charge in [-0.05, 0) is 36.8 Å². The van der Waals surface area contributed by atoms with Crippen LogP contribution in [-0.2, 0) is 10.2 Å². The van der Waals surface area contributed by atoms with Gasteiger partial charge in [-0.1, -0.05) is 93.8 Å². The molecule has 0 aliphatic carbocycles. The molecule has 0 unspecified atom stereocenters. The lowest BCUT2D eigenvalue weighted by molar-refractivity contribution is -0.119. The first kappa shape index (κ1) is 20.4. The molecule has 140 valence electrons. The Hall–Kier alpha value is -1.89. The van der Waals surface area contributed by atoms with Crippen LogP contribution in [0.25, 0.3) is 0 Å². The number of carbonyl (C=O) groups is 1. The Morgan fingerprint density at radius 2 is 1.27 bits per heavy atom. The molecule has 1 nitrogen and oxygen atoms in total. The predicted octanol–water partition coefficient (Wildman–Crippen LogP) is 7.09. The molecule has 0 atom stereocenters. The summed E-state index contributed by atoms with van der Waals surface area (Å²) in [5.41, 5.74) is 2.73. The molecule has 1 heteroatoms. The molecular weight excluding hydrogens is 316 g/mol. The molecule has 0 saturated carbocycles. The van der Waals surface area contributed by atoms with Crippen LogP contribution in [0.2, 0.25) is 0 Å². The van der Waals surface area contributed by atoms with Gasteiger partial charge in [0.25, 0.3) is 0 Å². The van der Waals surface area contributed by atoms with E-state index in [0.717, 1.165) is 32.1 Å². The van der Waals surface area contributed by atoms with Gasteiger partial charge in [0.2, 0.25) is 0 Å². The lowest BCUT2D eigenvalue weighted by atomic mass is 9.69. The number of ketones is 1. The van der Waals surface area contributed by atoms with Crippen LogP contribution in [0.15, 0.2) is 60.7 Å². The molecule has 0 radical (unpaired) electrons. The van der Waals surface area contributed by atoms with Crippen molar-refractivity contribution in [1.82, 2.24) is 0 Å². The van der Waals surface area contributed by atoms with Crippen LogP contribution >= 0.6 is 0 Å². The normalized spacial score (nSPS) is 11.5. The Morgan fingerprint density at radius 3 is 1.77 bits per heavy atom. The molecular formula is C25H34O. The molecule has 0 N–H and O–H groups in total. The van der Waals surface area contributed by atoms with E-state index in [1.807, 2.05) is 0 Å². The van der Waals surface area contributed by atoms with E-state index in [0.29, 0.717) is 12.2 Å². The Kier molecular flexibility index (Phi) is 8.61. The van der Waals surface area contributed by atoms with E-state index in [2.05, 4.69) is 74.5 Å². The number of Topliss-reactive ketones (excluding diaryl/α,β-unsaturated/α-hetero) is 1. The standard InChI is InChI=1S/C25H34O/c1-3-5-6-13-19-24(26)20-14-21-25(4-2,22-15-9-7-10-16-22)23-17-11-8-12-18-23/h7-12,15-18H,3-6,13-14,19-21H2,1-2H3. The molecule has 0 spiro atoms. The number of rotatable bonds is 12. The minimum Gasteiger partial charge on any atom is -0.300 e. The first-order chi connectivity index (χ1) is 12.7. The lowest BCUT2D eigenvalue weighted by Crippen LogP contribution is -2.27. The van der Waals surface area contributed by atoms with Gasteiger partial charge in [-0.25, -0.2) is 0 Å². The van der Waals surface area contributed by atoms with E-state index in [1.165, 1.54) is 30.4 Å². The van der Waals surface area contributed by atoms with E-state index in [-0.39, 0.29) is 5.41 Å². The zero-order valence-electron chi connectivity index (χ0n) is 16.5. The second-order valence-electron chi connectivity index (χ2n) is 7.37. The number of benzene rings is 2. The van der Waals surface area contributed by atoms with E-state index >= 15 is 0 Å². The van der Waals surface area contributed by atoms with Crippen LogP contribution in [0.1, 0.15) is 82.8 Å². The van der Waals surface area contributed by atoms with Gasteiger partial charge < -0.3 is 0 Å². The molecule has 0 aliphatic rings. The quantitative estimate of drug-likeness (QED) is 0.373. The second kappa shape index (κ2) is 11.0. The van der Waals surface area contributed by atoms with Gasteiger partial charge in [0.1, 0.15) is 5.78 Å². The lowest BCUT2D eigenvalue weighted by Gasteiger charge is -2.34. The summed E-state index contributed by atoms with van der Waals surface area (Å²) in [6.45, 7) is 4.48. The highest BCUT2D eigenvalue weighted by Gasteiger charge is 2.31. The monoisotopic (exact) mass is 350 g/mol. The molecule has 2 aromatic carbocycles. The van der Waals surface area contributed by atoms with Crippen molar-refractivity contribution in [1.29, 1.82) is 0 Å². The minimum absolute atomic E-state index is 0.00497. The molecule has 0 aromatic heterocycles. The first-order valence-electron chi connectivity index (χ1n) is 10.4. The second-order valence-corrected chi connectivity index (χ2v) is 7.37. The number of hydrogen-bond acceptors (Lipinski definition) is 1. The highest BCUT2D eigenvalue weighted by atomic mass is 16.1. The Balaban J connectivity index is 2.05. The van der Waals surface area contributed by atoms with Crippen LogP contribution < -0.4 is 0 Å². The van der Waals surface area contributed by atoms with Gasteiger partial charge in [0.05, 0.1) is 0 Å². The summed E-state index contributed by atoms with van der Waals surface area (Å²) < 4.78 is 0. The summed E-state index contributed by atoms with van der Waals surface area (Å²) >= 11 is 0. The summed E-state index contributed by atoms with van der Waals surface area (Å²) in [5.74, 6) is 0.437. The largest absolute Gasteiger partial charge is 0.300 e. The maximum absolute atomic E-state index is 12.3. The predicted molar refractivity (Wildman–Crippen MR) is 112 cm³/mol. The van der Waals surface area contributed by atoms with Crippen molar-refractivity contribution in [2.24, 2.45) is 0 Å². The SMILES string of the molecule is CCCCCCC(=O)CCCC(CC)(c1ccccc1)c1ccccc1. The van der Waals surface area contributed by atoms with Crippen LogP contribution in [-0.4, -0.2) is 5.78 Å². The van der Waals surface area contributed by atoms with Crippen molar-refractivity contribution in [3.05, 3.63) is 71.8 Å². The third-order valence-corrected chi connectivity index (χ3v) is 5.62. The van der Waals surface area contributed by atoms with Crippen LogP contribution in [0, 0.1) is 0 Å². The summed E-state index contributed by atoms with van der Waals surface area (Å²) in [6, 6.07) is 21.6. The molecule has 0 heterocycles. The zero-order chi connectivity index (χ0) is 18.7. The van der Waals surface area contributed by atoms with Gasteiger partial charge in [0, 0.05) is 18.3 Å². The van der Waals surface area contributed by atoms with E-state index in [9.17, 15) is 4.79 Å². The molecule has 0 fully saturated rings. The topological polar surface area (TPSA) is 17.1 Å². The van der Waals surface area contributed by atoms with Crippen LogP contribution in [0.5, 0.6) is 0 Å². The molecule has 0 bridgehead atoms. The molecule has 0 amide bonds. The fourth-order valence-corrected chi connectivity index (χ4v) is 4.02. The Morgan fingerprint density at radius 1 is 0.731 bits per heavy atom. The zero-order valence-corrected chi connectivity index (χ0v) is 16.5. The summed E-state index contributed by atoms with van der Waals surface area (Å²) in [5, 5.41) is 0. The van der Waals surface area contributed by atoms with Gasteiger partial charge in [-0.3, -0.25) is 4.79 Å². The van der Waals surface area contributed by atoms with E-state index in [4.69, 9.17) is 0 Å². The Labute approximate surface area is 159 Å². The van der Waals surface area contributed by atoms with Crippen molar-refractivity contribution >= 4 is 5.78 Å². The summed E-state index contributed by atoms with van der Waals surface area (Å²) in [4.78, 5) is 12.3. The van der Waals surface area contributed by atoms with Gasteiger partial charge in [-0.15, -0.1) is 0 Å². The third kappa shape index (κ3) is 5.56. The summed E-state index contributed by atoms with van der Waals surface area (Å²) in [7, 11) is 0. The highest BCUT2D eigenvalue weighted by Crippen LogP contribution is 2.40. The number of unbranched alkanes of at least 4 members (excludes halogenated alkanes) is 3. The first-order valence-corrected chi connectivity index (χ1v) is 10.4. The van der Waals surface area contributed by atoms with Crippen molar-refractivity contribution in [2.45, 2.75) is 77.0 Å². The van der Waals surface area contributed by atoms with Crippen molar-refractivity contribution < 1.29 is 4.79 Å². The maximum Gasteiger partial charge on any atom is 0.132 e. The number of hydrogen-bond donors (Lipinski definition) is 0. The maximum atomic E-state index is 12.3. The van der Waals surface area contributed by atoms with Gasteiger partial charge >= 0.3 is 0 Å². The fourth-order valence-electron chi connectivity index (χ4n) is 4.02. The van der Waals surface area contributed by atoms with Gasteiger partial charge in [-0.2, -0.15) is 0 Å². The van der Waals surface area contributed by atoms with Gasteiger partial charge in [0.15, 0.2) is 0 Å². The molecule has 0 aliphatic heterocycles. The average Bonchev–Trinajstić information content (AvgIpc) is 2.70. The smallest absolute Gasteiger partial charge is 0.132 e. The molecule has 2 rings (SSSR count). The minimum atomic E-state index is 0.00497.